The Labute approximate surface area is 186 Å². The lowest BCUT2D eigenvalue weighted by molar-refractivity contribution is -0.126. The number of benzene rings is 2. The SMILES string of the molecule is Cc1ccc(S(=O)(=O)N2CCC(C(=O)NC[C@@H](c3ccccc3)N(C)C)CC2)cc1C. The number of aryl methyl sites for hydroxylation is 2. The van der Waals surface area contributed by atoms with Crippen LogP contribution in [0.5, 0.6) is 0 Å². The van der Waals surface area contributed by atoms with E-state index in [-0.39, 0.29) is 17.9 Å². The van der Waals surface area contributed by atoms with Gasteiger partial charge in [0, 0.05) is 25.6 Å². The first-order valence-corrected chi connectivity index (χ1v) is 12.2. The zero-order valence-corrected chi connectivity index (χ0v) is 19.7. The number of carbonyl (C=O) groups is 1. The summed E-state index contributed by atoms with van der Waals surface area (Å²) in [5, 5.41) is 3.08. The average molecular weight is 444 g/mol. The van der Waals surface area contributed by atoms with E-state index in [1.54, 1.807) is 12.1 Å². The molecule has 2 aromatic carbocycles. The second kappa shape index (κ2) is 9.94. The highest BCUT2D eigenvalue weighted by Gasteiger charge is 2.32. The zero-order chi connectivity index (χ0) is 22.6. The predicted octanol–water partition coefficient (Wildman–Crippen LogP) is 3.12. The van der Waals surface area contributed by atoms with E-state index < -0.39 is 10.0 Å². The summed E-state index contributed by atoms with van der Waals surface area (Å²) in [7, 11) is 0.471. The van der Waals surface area contributed by atoms with E-state index in [2.05, 4.69) is 22.3 Å². The fraction of sp³-hybridized carbons (Fsp3) is 0.458. The van der Waals surface area contributed by atoms with Crippen molar-refractivity contribution in [2.75, 3.05) is 33.7 Å². The van der Waals surface area contributed by atoms with Gasteiger partial charge in [-0.05, 0) is 69.6 Å². The highest BCUT2D eigenvalue weighted by Crippen LogP contribution is 2.25. The number of carbonyl (C=O) groups excluding carboxylic acids is 1. The third kappa shape index (κ3) is 5.53. The van der Waals surface area contributed by atoms with E-state index >= 15 is 0 Å². The van der Waals surface area contributed by atoms with Gasteiger partial charge < -0.3 is 10.2 Å². The Bertz CT molecular complexity index is 998. The second-order valence-electron chi connectivity index (χ2n) is 8.56. The molecule has 6 nitrogen and oxygen atoms in total. The summed E-state index contributed by atoms with van der Waals surface area (Å²) < 4.78 is 27.5. The van der Waals surface area contributed by atoms with Gasteiger partial charge in [-0.3, -0.25) is 4.79 Å². The van der Waals surface area contributed by atoms with Gasteiger partial charge in [0.2, 0.25) is 15.9 Å². The van der Waals surface area contributed by atoms with Crippen LogP contribution in [-0.2, 0) is 14.8 Å². The van der Waals surface area contributed by atoms with Crippen LogP contribution in [0.4, 0.5) is 0 Å². The van der Waals surface area contributed by atoms with Gasteiger partial charge in [-0.1, -0.05) is 36.4 Å². The molecule has 1 amide bonds. The number of rotatable bonds is 7. The van der Waals surface area contributed by atoms with Crippen LogP contribution >= 0.6 is 0 Å². The molecule has 31 heavy (non-hydrogen) atoms. The fourth-order valence-corrected chi connectivity index (χ4v) is 5.55. The predicted molar refractivity (Wildman–Crippen MR) is 123 cm³/mol. The molecule has 0 aliphatic carbocycles. The van der Waals surface area contributed by atoms with Crippen LogP contribution in [-0.4, -0.2) is 57.3 Å². The molecule has 168 valence electrons. The van der Waals surface area contributed by atoms with Crippen molar-refractivity contribution in [3.05, 3.63) is 65.2 Å². The van der Waals surface area contributed by atoms with Gasteiger partial charge in [0.25, 0.3) is 0 Å². The van der Waals surface area contributed by atoms with E-state index in [1.165, 1.54) is 4.31 Å². The van der Waals surface area contributed by atoms with Crippen molar-refractivity contribution >= 4 is 15.9 Å². The number of piperidine rings is 1. The summed E-state index contributed by atoms with van der Waals surface area (Å²) in [5.41, 5.74) is 3.19. The number of amides is 1. The molecule has 1 aliphatic heterocycles. The number of nitrogens with zero attached hydrogens (tertiary/aromatic N) is 2. The molecule has 1 atom stereocenters. The van der Waals surface area contributed by atoms with Crippen LogP contribution in [0.25, 0.3) is 0 Å². The van der Waals surface area contributed by atoms with E-state index in [4.69, 9.17) is 0 Å². The van der Waals surface area contributed by atoms with E-state index in [9.17, 15) is 13.2 Å². The minimum absolute atomic E-state index is 0.00556. The highest BCUT2D eigenvalue weighted by atomic mass is 32.2. The third-order valence-corrected chi connectivity index (χ3v) is 8.11. The van der Waals surface area contributed by atoms with Crippen molar-refractivity contribution in [3.63, 3.8) is 0 Å². The van der Waals surface area contributed by atoms with Gasteiger partial charge >= 0.3 is 0 Å². The summed E-state index contributed by atoms with van der Waals surface area (Å²) in [5.74, 6) is -0.157. The zero-order valence-electron chi connectivity index (χ0n) is 18.8. The lowest BCUT2D eigenvalue weighted by Gasteiger charge is -2.31. The molecule has 1 fully saturated rings. The largest absolute Gasteiger partial charge is 0.354 e. The maximum Gasteiger partial charge on any atom is 0.243 e. The Morgan fingerprint density at radius 2 is 1.71 bits per heavy atom. The first-order valence-electron chi connectivity index (χ1n) is 10.8. The smallest absolute Gasteiger partial charge is 0.243 e. The van der Waals surface area contributed by atoms with Crippen LogP contribution in [0, 0.1) is 19.8 Å². The molecule has 0 radical (unpaired) electrons. The normalized spacial score (nSPS) is 16.9. The molecule has 0 spiro atoms. The summed E-state index contributed by atoms with van der Waals surface area (Å²) >= 11 is 0. The molecule has 0 aromatic heterocycles. The van der Waals surface area contributed by atoms with Crippen LogP contribution in [0.3, 0.4) is 0 Å². The molecule has 0 bridgehead atoms. The number of sulfonamides is 1. The van der Waals surface area contributed by atoms with Gasteiger partial charge in [-0.25, -0.2) is 8.42 Å². The lowest BCUT2D eigenvalue weighted by Crippen LogP contribution is -2.44. The minimum atomic E-state index is -3.53. The molecule has 1 heterocycles. The monoisotopic (exact) mass is 443 g/mol. The van der Waals surface area contributed by atoms with Crippen molar-refractivity contribution in [2.45, 2.75) is 37.6 Å². The van der Waals surface area contributed by atoms with Crippen LogP contribution in [0.15, 0.2) is 53.4 Å². The third-order valence-electron chi connectivity index (χ3n) is 6.22. The molecule has 1 N–H and O–H groups in total. The van der Waals surface area contributed by atoms with Crippen LogP contribution in [0.2, 0.25) is 0 Å². The topological polar surface area (TPSA) is 69.7 Å². The van der Waals surface area contributed by atoms with Crippen molar-refractivity contribution in [1.82, 2.24) is 14.5 Å². The van der Waals surface area contributed by atoms with Crippen molar-refractivity contribution in [1.29, 1.82) is 0 Å². The molecule has 1 saturated heterocycles. The summed E-state index contributed by atoms with van der Waals surface area (Å²) in [6.07, 6.45) is 1.07. The summed E-state index contributed by atoms with van der Waals surface area (Å²) in [6, 6.07) is 15.4. The number of hydrogen-bond donors (Lipinski definition) is 1. The van der Waals surface area contributed by atoms with Crippen LogP contribution < -0.4 is 5.32 Å². The average Bonchev–Trinajstić information content (AvgIpc) is 2.76. The minimum Gasteiger partial charge on any atom is -0.354 e. The maximum atomic E-state index is 13.0. The Kier molecular flexibility index (Phi) is 7.51. The van der Waals surface area contributed by atoms with Gasteiger partial charge in [0.1, 0.15) is 0 Å². The van der Waals surface area contributed by atoms with Crippen molar-refractivity contribution in [3.8, 4) is 0 Å². The standard InChI is InChI=1S/C24H33N3O3S/c1-18-10-11-22(16-19(18)2)31(29,30)27-14-12-21(13-15-27)24(28)25-17-23(26(3)4)20-8-6-5-7-9-20/h5-11,16,21,23H,12-15,17H2,1-4H3,(H,25,28)/t23-/m0/s1. The molecule has 3 rings (SSSR count). The summed E-state index contributed by atoms with van der Waals surface area (Å²) in [4.78, 5) is 15.2. The van der Waals surface area contributed by atoms with Gasteiger partial charge in [0.05, 0.1) is 10.9 Å². The first-order chi connectivity index (χ1) is 14.7. The van der Waals surface area contributed by atoms with Gasteiger partial charge in [-0.15, -0.1) is 0 Å². The Morgan fingerprint density at radius 3 is 2.29 bits per heavy atom. The first kappa shape index (κ1) is 23.4. The quantitative estimate of drug-likeness (QED) is 0.714. The molecular weight excluding hydrogens is 410 g/mol. The van der Waals surface area contributed by atoms with Crippen molar-refractivity contribution < 1.29 is 13.2 Å². The highest BCUT2D eigenvalue weighted by molar-refractivity contribution is 7.89. The molecule has 1 aliphatic rings. The van der Waals surface area contributed by atoms with Gasteiger partial charge in [0.15, 0.2) is 0 Å². The molecular formula is C24H33N3O3S. The maximum absolute atomic E-state index is 13.0. The Hall–Kier alpha value is -2.22. The Morgan fingerprint density at radius 1 is 1.06 bits per heavy atom. The molecule has 2 aromatic rings. The lowest BCUT2D eigenvalue weighted by atomic mass is 9.97. The molecule has 0 unspecified atom stereocenters. The number of hydrogen-bond acceptors (Lipinski definition) is 4. The van der Waals surface area contributed by atoms with E-state index in [0.717, 1.165) is 16.7 Å². The second-order valence-corrected chi connectivity index (χ2v) is 10.5. The number of likely N-dealkylation sites (N-methyl/N-ethyl adjacent to an activating group) is 1. The van der Waals surface area contributed by atoms with Crippen LogP contribution in [0.1, 0.15) is 35.6 Å². The van der Waals surface area contributed by atoms with Gasteiger partial charge in [-0.2, -0.15) is 4.31 Å². The molecule has 7 heteroatoms. The van der Waals surface area contributed by atoms with Crippen molar-refractivity contribution in [2.24, 2.45) is 5.92 Å². The van der Waals surface area contributed by atoms with E-state index in [1.807, 2.05) is 52.2 Å². The van der Waals surface area contributed by atoms with E-state index in [0.29, 0.717) is 37.4 Å². The summed E-state index contributed by atoms with van der Waals surface area (Å²) in [6.45, 7) is 5.14. The fourth-order valence-electron chi connectivity index (χ4n) is 4.00. The Balaban J connectivity index is 1.57. The molecule has 0 saturated carbocycles. The number of nitrogens with one attached hydrogen (secondary N) is 1.